The van der Waals surface area contributed by atoms with Crippen LogP contribution < -0.4 is 24.8 Å². The number of rotatable bonds is 11. The van der Waals surface area contributed by atoms with Gasteiger partial charge in [-0.15, -0.1) is 11.3 Å². The molecule has 2 rings (SSSR count). The highest BCUT2D eigenvalue weighted by atomic mass is 32.1. The van der Waals surface area contributed by atoms with E-state index in [9.17, 15) is 14.4 Å². The lowest BCUT2D eigenvalue weighted by atomic mass is 10.1. The molecule has 0 unspecified atom stereocenters. The molecule has 0 spiro atoms. The molecule has 0 fully saturated rings. The Hall–Kier alpha value is -3.18. The predicted molar refractivity (Wildman–Crippen MR) is 130 cm³/mol. The van der Waals surface area contributed by atoms with Gasteiger partial charge in [0, 0.05) is 49.6 Å². The minimum atomic E-state index is -0.594. The highest BCUT2D eigenvalue weighted by Crippen LogP contribution is 2.35. The Balaban J connectivity index is 2.10. The van der Waals surface area contributed by atoms with Gasteiger partial charge in [0.15, 0.2) is 16.6 Å². The molecule has 1 aromatic heterocycles. The second-order valence-corrected chi connectivity index (χ2v) is 8.83. The van der Waals surface area contributed by atoms with Crippen LogP contribution in [0.3, 0.4) is 0 Å². The van der Waals surface area contributed by atoms with Crippen LogP contribution in [0.1, 0.15) is 55.5 Å². The van der Waals surface area contributed by atoms with Crippen molar-refractivity contribution in [2.75, 3.05) is 32.6 Å². The number of carbonyl (C=O) groups is 3. The van der Waals surface area contributed by atoms with Crippen LogP contribution >= 0.6 is 11.3 Å². The van der Waals surface area contributed by atoms with Gasteiger partial charge in [-0.25, -0.2) is 4.98 Å². The van der Waals surface area contributed by atoms with Gasteiger partial charge in [-0.2, -0.15) is 0 Å². The van der Waals surface area contributed by atoms with Gasteiger partial charge in [0.1, 0.15) is 11.4 Å². The van der Waals surface area contributed by atoms with Crippen LogP contribution in [0.5, 0.6) is 17.2 Å². The summed E-state index contributed by atoms with van der Waals surface area (Å²) in [6.45, 7) is 10.9. The summed E-state index contributed by atoms with van der Waals surface area (Å²) in [6.07, 6.45) is 0. The van der Waals surface area contributed by atoms with Crippen LogP contribution in [0.15, 0.2) is 17.5 Å². The molecule has 10 nitrogen and oxygen atoms in total. The van der Waals surface area contributed by atoms with Crippen molar-refractivity contribution >= 4 is 34.3 Å². The normalized spacial score (nSPS) is 11.0. The lowest BCUT2D eigenvalue weighted by Gasteiger charge is -2.30. The van der Waals surface area contributed by atoms with Crippen LogP contribution in [0.4, 0.5) is 5.13 Å². The molecule has 34 heavy (non-hydrogen) atoms. The minimum absolute atomic E-state index is 0.0111. The molecular weight excluding hydrogens is 460 g/mol. The highest BCUT2D eigenvalue weighted by Gasteiger charge is 2.21. The SMILES string of the molecule is COc1cc(OC(C)=O)c(C(=O)Nc2nc(C(=O)NCCN(C(C)C)C(C)C)cs2)cc1OC. The number of nitrogens with zero attached hydrogens (tertiary/aromatic N) is 2. The van der Waals surface area contributed by atoms with Crippen LogP contribution in [0.25, 0.3) is 0 Å². The second-order valence-electron chi connectivity index (χ2n) is 7.97. The molecule has 0 radical (unpaired) electrons. The van der Waals surface area contributed by atoms with Crippen molar-refractivity contribution in [3.05, 3.63) is 28.8 Å². The number of esters is 1. The maximum Gasteiger partial charge on any atom is 0.308 e. The van der Waals surface area contributed by atoms with Crippen molar-refractivity contribution in [3.8, 4) is 17.2 Å². The number of amides is 2. The van der Waals surface area contributed by atoms with Gasteiger partial charge in [0.05, 0.1) is 19.8 Å². The molecule has 0 atom stereocenters. The standard InChI is InChI=1S/C23H32N4O6S/c1-13(2)27(14(3)4)9-8-24-22(30)17-12-34-23(25-17)26-21(29)16-10-19(31-6)20(32-7)11-18(16)33-15(5)28/h10-14H,8-9H2,1-7H3,(H,24,30)(H,25,26,29). The fraction of sp³-hybridized carbons (Fsp3) is 0.478. The third kappa shape index (κ3) is 7.16. The second kappa shape index (κ2) is 12.3. The molecule has 0 saturated heterocycles. The zero-order valence-electron chi connectivity index (χ0n) is 20.6. The summed E-state index contributed by atoms with van der Waals surface area (Å²) in [7, 11) is 2.86. The molecule has 0 bridgehead atoms. The maximum atomic E-state index is 12.9. The number of methoxy groups -OCH3 is 2. The van der Waals surface area contributed by atoms with E-state index in [1.807, 2.05) is 0 Å². The third-order valence-corrected chi connectivity index (χ3v) is 5.68. The number of ether oxygens (including phenoxy) is 3. The summed E-state index contributed by atoms with van der Waals surface area (Å²) in [6, 6.07) is 3.54. The van der Waals surface area contributed by atoms with E-state index in [4.69, 9.17) is 14.2 Å². The smallest absolute Gasteiger partial charge is 0.308 e. The van der Waals surface area contributed by atoms with Gasteiger partial charge < -0.3 is 19.5 Å². The maximum absolute atomic E-state index is 12.9. The first kappa shape index (κ1) is 27.1. The van der Waals surface area contributed by atoms with Crippen molar-refractivity contribution in [1.82, 2.24) is 15.2 Å². The molecule has 0 saturated carbocycles. The van der Waals surface area contributed by atoms with Crippen molar-refractivity contribution < 1.29 is 28.6 Å². The summed E-state index contributed by atoms with van der Waals surface area (Å²) in [5.74, 6) is -0.893. The molecule has 186 valence electrons. The lowest BCUT2D eigenvalue weighted by Crippen LogP contribution is -2.42. The minimum Gasteiger partial charge on any atom is -0.493 e. The van der Waals surface area contributed by atoms with E-state index >= 15 is 0 Å². The van der Waals surface area contributed by atoms with Gasteiger partial charge in [0.2, 0.25) is 0 Å². The predicted octanol–water partition coefficient (Wildman–Crippen LogP) is 3.19. The van der Waals surface area contributed by atoms with Crippen molar-refractivity contribution in [2.24, 2.45) is 0 Å². The summed E-state index contributed by atoms with van der Waals surface area (Å²) in [5, 5.41) is 7.28. The monoisotopic (exact) mass is 492 g/mol. The zero-order chi connectivity index (χ0) is 25.4. The average molecular weight is 493 g/mol. The number of carbonyl (C=O) groups excluding carboxylic acids is 3. The first-order valence-electron chi connectivity index (χ1n) is 10.8. The largest absolute Gasteiger partial charge is 0.493 e. The van der Waals surface area contributed by atoms with Gasteiger partial charge in [0.25, 0.3) is 11.8 Å². The fourth-order valence-electron chi connectivity index (χ4n) is 3.38. The van der Waals surface area contributed by atoms with E-state index in [0.29, 0.717) is 36.7 Å². The summed E-state index contributed by atoms with van der Waals surface area (Å²) >= 11 is 1.11. The average Bonchev–Trinajstić information content (AvgIpc) is 3.23. The highest BCUT2D eigenvalue weighted by molar-refractivity contribution is 7.14. The summed E-state index contributed by atoms with van der Waals surface area (Å²) in [4.78, 5) is 43.4. The number of hydrogen-bond acceptors (Lipinski definition) is 9. The molecule has 1 heterocycles. The molecule has 0 aliphatic rings. The van der Waals surface area contributed by atoms with Gasteiger partial charge in [-0.3, -0.25) is 24.6 Å². The van der Waals surface area contributed by atoms with E-state index in [2.05, 4.69) is 48.2 Å². The number of hydrogen-bond donors (Lipinski definition) is 2. The molecule has 11 heteroatoms. The Kier molecular flexibility index (Phi) is 9.82. The van der Waals surface area contributed by atoms with Gasteiger partial charge in [-0.05, 0) is 27.7 Å². The van der Waals surface area contributed by atoms with Crippen molar-refractivity contribution in [2.45, 2.75) is 46.7 Å². The summed E-state index contributed by atoms with van der Waals surface area (Å²) < 4.78 is 15.6. The number of aromatic nitrogens is 1. The Morgan fingerprint density at radius 3 is 2.18 bits per heavy atom. The molecule has 2 N–H and O–H groups in total. The van der Waals surface area contributed by atoms with Crippen LogP contribution in [-0.4, -0.2) is 67.1 Å². The molecule has 2 amide bonds. The molecule has 0 aliphatic heterocycles. The van der Waals surface area contributed by atoms with Crippen LogP contribution in [-0.2, 0) is 4.79 Å². The van der Waals surface area contributed by atoms with Crippen molar-refractivity contribution in [1.29, 1.82) is 0 Å². The molecule has 2 aromatic rings. The number of anilines is 1. The fourth-order valence-corrected chi connectivity index (χ4v) is 4.06. The van der Waals surface area contributed by atoms with Crippen LogP contribution in [0, 0.1) is 0 Å². The van der Waals surface area contributed by atoms with E-state index in [1.54, 1.807) is 5.38 Å². The van der Waals surface area contributed by atoms with E-state index in [0.717, 1.165) is 11.3 Å². The van der Waals surface area contributed by atoms with Gasteiger partial charge >= 0.3 is 5.97 Å². The van der Waals surface area contributed by atoms with E-state index < -0.39 is 11.9 Å². The number of benzene rings is 1. The molecule has 1 aromatic carbocycles. The Labute approximate surface area is 203 Å². The van der Waals surface area contributed by atoms with Crippen molar-refractivity contribution in [3.63, 3.8) is 0 Å². The lowest BCUT2D eigenvalue weighted by molar-refractivity contribution is -0.131. The number of thiazole rings is 1. The molecular formula is C23H32N4O6S. The third-order valence-electron chi connectivity index (χ3n) is 4.92. The quantitative estimate of drug-likeness (QED) is 0.363. The summed E-state index contributed by atoms with van der Waals surface area (Å²) in [5.41, 5.74) is 0.255. The zero-order valence-corrected chi connectivity index (χ0v) is 21.4. The van der Waals surface area contributed by atoms with E-state index in [1.165, 1.54) is 33.3 Å². The van der Waals surface area contributed by atoms with Crippen LogP contribution in [0.2, 0.25) is 0 Å². The Morgan fingerprint density at radius 1 is 1.00 bits per heavy atom. The molecule has 0 aliphatic carbocycles. The van der Waals surface area contributed by atoms with Gasteiger partial charge in [-0.1, -0.05) is 0 Å². The first-order chi connectivity index (χ1) is 16.1. The topological polar surface area (TPSA) is 119 Å². The number of nitrogens with one attached hydrogen (secondary N) is 2. The Bertz CT molecular complexity index is 1010. The van der Waals surface area contributed by atoms with E-state index in [-0.39, 0.29) is 28.0 Å². The Morgan fingerprint density at radius 2 is 1.62 bits per heavy atom. The first-order valence-corrected chi connectivity index (χ1v) is 11.7.